The van der Waals surface area contributed by atoms with Crippen molar-refractivity contribution in [2.75, 3.05) is 0 Å². The summed E-state index contributed by atoms with van der Waals surface area (Å²) in [7, 11) is 0. The maximum atomic E-state index is 6.17. The predicted molar refractivity (Wildman–Crippen MR) is 72.6 cm³/mol. The van der Waals surface area contributed by atoms with E-state index in [1.165, 1.54) is 43.2 Å². The Hall–Kier alpha value is -0.980. The third-order valence-corrected chi connectivity index (χ3v) is 3.94. The zero-order valence-electron chi connectivity index (χ0n) is 11.3. The first kappa shape index (κ1) is 12.5. The monoisotopic (exact) mass is 232 g/mol. The maximum absolute atomic E-state index is 6.17. The van der Waals surface area contributed by atoms with E-state index in [9.17, 15) is 0 Å². The quantitative estimate of drug-likeness (QED) is 0.737. The molecule has 2 atom stereocenters. The highest BCUT2D eigenvalue weighted by molar-refractivity contribution is 5.35. The molecule has 2 unspecified atom stereocenters. The summed E-state index contributed by atoms with van der Waals surface area (Å²) >= 11 is 0. The summed E-state index contributed by atoms with van der Waals surface area (Å²) in [6.45, 7) is 6.57. The van der Waals surface area contributed by atoms with Crippen LogP contribution < -0.4 is 4.74 Å². The molecular formula is C16H24O. The van der Waals surface area contributed by atoms with Gasteiger partial charge in [0.25, 0.3) is 0 Å². The van der Waals surface area contributed by atoms with E-state index in [-0.39, 0.29) is 0 Å². The Morgan fingerprint density at radius 1 is 1.24 bits per heavy atom. The summed E-state index contributed by atoms with van der Waals surface area (Å²) in [5.74, 6) is 1.96. The van der Waals surface area contributed by atoms with Crippen molar-refractivity contribution in [3.8, 4) is 5.75 Å². The van der Waals surface area contributed by atoms with E-state index in [1.807, 2.05) is 0 Å². The Morgan fingerprint density at radius 2 is 2.06 bits per heavy atom. The average molecular weight is 232 g/mol. The molecule has 1 aliphatic carbocycles. The summed E-state index contributed by atoms with van der Waals surface area (Å²) in [6.07, 6.45) is 6.92. The Labute approximate surface area is 105 Å². The second-order valence-electron chi connectivity index (χ2n) is 5.45. The Kier molecular flexibility index (Phi) is 4.09. The molecule has 0 radical (unpaired) electrons. The van der Waals surface area contributed by atoms with Gasteiger partial charge in [-0.1, -0.05) is 37.5 Å². The Morgan fingerprint density at radius 3 is 2.76 bits per heavy atom. The van der Waals surface area contributed by atoms with Crippen LogP contribution in [0.4, 0.5) is 0 Å². The van der Waals surface area contributed by atoms with E-state index in [4.69, 9.17) is 4.74 Å². The number of benzene rings is 1. The van der Waals surface area contributed by atoms with Gasteiger partial charge in [0.05, 0.1) is 6.10 Å². The number of rotatable bonds is 3. The molecule has 1 fully saturated rings. The fourth-order valence-corrected chi connectivity index (χ4v) is 2.83. The molecule has 1 nitrogen and oxygen atoms in total. The molecule has 17 heavy (non-hydrogen) atoms. The SMILES string of the molecule is CCC1CCCC(Oc2ccc(C)cc2C)C1. The van der Waals surface area contributed by atoms with Crippen molar-refractivity contribution in [2.24, 2.45) is 5.92 Å². The van der Waals surface area contributed by atoms with Gasteiger partial charge >= 0.3 is 0 Å². The van der Waals surface area contributed by atoms with Crippen LogP contribution in [-0.4, -0.2) is 6.10 Å². The molecule has 94 valence electrons. The fraction of sp³-hybridized carbons (Fsp3) is 0.625. The van der Waals surface area contributed by atoms with Crippen molar-refractivity contribution < 1.29 is 4.74 Å². The molecule has 0 aliphatic heterocycles. The first-order valence-electron chi connectivity index (χ1n) is 6.93. The minimum absolute atomic E-state index is 0.440. The van der Waals surface area contributed by atoms with E-state index in [1.54, 1.807) is 0 Å². The average Bonchev–Trinajstić information content (AvgIpc) is 2.33. The molecule has 0 saturated heterocycles. The van der Waals surface area contributed by atoms with Crippen LogP contribution >= 0.6 is 0 Å². The van der Waals surface area contributed by atoms with Gasteiger partial charge in [-0.15, -0.1) is 0 Å². The topological polar surface area (TPSA) is 9.23 Å². The first-order valence-corrected chi connectivity index (χ1v) is 6.93. The van der Waals surface area contributed by atoms with Crippen molar-refractivity contribution in [3.63, 3.8) is 0 Å². The predicted octanol–water partition coefficient (Wildman–Crippen LogP) is 4.65. The lowest BCUT2D eigenvalue weighted by molar-refractivity contribution is 0.121. The molecule has 0 heterocycles. The summed E-state index contributed by atoms with van der Waals surface area (Å²) in [5, 5.41) is 0. The molecule has 0 bridgehead atoms. The largest absolute Gasteiger partial charge is 0.490 e. The molecule has 0 spiro atoms. The van der Waals surface area contributed by atoms with E-state index in [0.29, 0.717) is 6.10 Å². The van der Waals surface area contributed by atoms with Gasteiger partial charge in [0.1, 0.15) is 5.75 Å². The second-order valence-corrected chi connectivity index (χ2v) is 5.45. The van der Waals surface area contributed by atoms with Crippen molar-refractivity contribution in [2.45, 2.75) is 59.0 Å². The van der Waals surface area contributed by atoms with Gasteiger partial charge in [0.2, 0.25) is 0 Å². The molecule has 1 aliphatic rings. The number of hydrogen-bond donors (Lipinski definition) is 0. The van der Waals surface area contributed by atoms with Gasteiger partial charge in [0, 0.05) is 0 Å². The lowest BCUT2D eigenvalue weighted by Crippen LogP contribution is -2.25. The van der Waals surface area contributed by atoms with Crippen LogP contribution in [-0.2, 0) is 0 Å². The van der Waals surface area contributed by atoms with Crippen molar-refractivity contribution >= 4 is 0 Å². The van der Waals surface area contributed by atoms with Crippen LogP contribution in [0.3, 0.4) is 0 Å². The first-order chi connectivity index (χ1) is 8.19. The zero-order chi connectivity index (χ0) is 12.3. The highest BCUT2D eigenvalue weighted by Crippen LogP contribution is 2.30. The van der Waals surface area contributed by atoms with Crippen LogP contribution in [0.15, 0.2) is 18.2 Å². The minimum Gasteiger partial charge on any atom is -0.490 e. The van der Waals surface area contributed by atoms with Gasteiger partial charge in [0.15, 0.2) is 0 Å². The summed E-state index contributed by atoms with van der Waals surface area (Å²) in [6, 6.07) is 6.47. The van der Waals surface area contributed by atoms with Crippen LogP contribution in [0.1, 0.15) is 50.2 Å². The van der Waals surface area contributed by atoms with Crippen LogP contribution in [0.25, 0.3) is 0 Å². The van der Waals surface area contributed by atoms with Crippen LogP contribution in [0.2, 0.25) is 0 Å². The number of ether oxygens (including phenoxy) is 1. The normalized spacial score (nSPS) is 24.6. The van der Waals surface area contributed by atoms with Crippen molar-refractivity contribution in [3.05, 3.63) is 29.3 Å². The molecule has 0 amide bonds. The summed E-state index contributed by atoms with van der Waals surface area (Å²) in [5.41, 5.74) is 2.58. The van der Waals surface area contributed by atoms with Gasteiger partial charge in [-0.25, -0.2) is 0 Å². The smallest absolute Gasteiger partial charge is 0.122 e. The molecule has 1 heteroatoms. The standard InChI is InChI=1S/C16H24O/c1-4-14-6-5-7-15(11-14)17-16-9-8-12(2)10-13(16)3/h8-10,14-15H,4-7,11H2,1-3H3. The highest BCUT2D eigenvalue weighted by Gasteiger charge is 2.22. The van der Waals surface area contributed by atoms with Gasteiger partial charge in [-0.3, -0.25) is 0 Å². The maximum Gasteiger partial charge on any atom is 0.122 e. The minimum atomic E-state index is 0.440. The summed E-state index contributed by atoms with van der Waals surface area (Å²) < 4.78 is 6.17. The number of aryl methyl sites for hydroxylation is 2. The molecule has 1 aromatic carbocycles. The molecule has 1 saturated carbocycles. The van der Waals surface area contributed by atoms with Gasteiger partial charge < -0.3 is 4.74 Å². The third kappa shape index (κ3) is 3.24. The van der Waals surface area contributed by atoms with E-state index < -0.39 is 0 Å². The second kappa shape index (κ2) is 5.57. The van der Waals surface area contributed by atoms with Crippen LogP contribution in [0, 0.1) is 19.8 Å². The fourth-order valence-electron chi connectivity index (χ4n) is 2.83. The molecule has 2 rings (SSSR count). The van der Waals surface area contributed by atoms with E-state index in [0.717, 1.165) is 11.7 Å². The van der Waals surface area contributed by atoms with Crippen molar-refractivity contribution in [1.82, 2.24) is 0 Å². The third-order valence-electron chi connectivity index (χ3n) is 3.94. The lowest BCUT2D eigenvalue weighted by atomic mass is 9.85. The van der Waals surface area contributed by atoms with Gasteiger partial charge in [-0.05, 0) is 50.7 Å². The van der Waals surface area contributed by atoms with E-state index in [2.05, 4.69) is 39.0 Å². The lowest BCUT2D eigenvalue weighted by Gasteiger charge is -2.29. The Bertz CT molecular complexity index is 370. The Balaban J connectivity index is 2.00. The molecule has 1 aromatic rings. The molecule has 0 N–H and O–H groups in total. The zero-order valence-corrected chi connectivity index (χ0v) is 11.3. The van der Waals surface area contributed by atoms with Gasteiger partial charge in [-0.2, -0.15) is 0 Å². The summed E-state index contributed by atoms with van der Waals surface area (Å²) in [4.78, 5) is 0. The van der Waals surface area contributed by atoms with Crippen molar-refractivity contribution in [1.29, 1.82) is 0 Å². The van der Waals surface area contributed by atoms with Crippen LogP contribution in [0.5, 0.6) is 5.75 Å². The molecular weight excluding hydrogens is 208 g/mol. The number of hydrogen-bond acceptors (Lipinski definition) is 1. The molecule has 0 aromatic heterocycles. The highest BCUT2D eigenvalue weighted by atomic mass is 16.5. The van der Waals surface area contributed by atoms with E-state index >= 15 is 0 Å².